The van der Waals surface area contributed by atoms with Gasteiger partial charge in [0, 0.05) is 25.3 Å². The molecule has 0 aliphatic carbocycles. The zero-order chi connectivity index (χ0) is 15.5. The average molecular weight is 313 g/mol. The maximum Gasteiger partial charge on any atom is 0.0399 e. The molecule has 0 unspecified atom stereocenters. The Morgan fingerprint density at radius 2 is 1.61 bits per heavy atom. The van der Waals surface area contributed by atoms with Crippen molar-refractivity contribution in [2.45, 2.75) is 32.1 Å². The quantitative estimate of drug-likeness (QED) is 0.922. The van der Waals surface area contributed by atoms with Crippen LogP contribution in [0.25, 0.3) is 0 Å². The molecule has 2 fully saturated rings. The third kappa shape index (κ3) is 3.72. The molecular weight excluding hydrogens is 282 g/mol. The van der Waals surface area contributed by atoms with Gasteiger partial charge in [0.25, 0.3) is 0 Å². The SMILES string of the molecule is c1ccc2c(c1)CCN2CC1CCN(CC2CCNCC2)CC1. The standard InChI is InChI=1S/C20H31N3/c1-2-4-20-19(3-1)9-14-23(20)16-18-7-12-22(13-8-18)15-17-5-10-21-11-6-17/h1-4,17-18,21H,5-16H2. The van der Waals surface area contributed by atoms with Crippen LogP contribution >= 0.6 is 0 Å². The van der Waals surface area contributed by atoms with Crippen LogP contribution in [-0.2, 0) is 6.42 Å². The Kier molecular flexibility index (Phi) is 4.86. The van der Waals surface area contributed by atoms with Gasteiger partial charge in [-0.25, -0.2) is 0 Å². The molecule has 3 aliphatic heterocycles. The first-order chi connectivity index (χ1) is 11.4. The van der Waals surface area contributed by atoms with Gasteiger partial charge in [-0.3, -0.25) is 0 Å². The molecule has 0 bridgehead atoms. The van der Waals surface area contributed by atoms with E-state index in [0.717, 1.165) is 11.8 Å². The molecule has 1 N–H and O–H groups in total. The van der Waals surface area contributed by atoms with Crippen LogP contribution in [0.1, 0.15) is 31.2 Å². The van der Waals surface area contributed by atoms with Gasteiger partial charge in [0.15, 0.2) is 0 Å². The van der Waals surface area contributed by atoms with Gasteiger partial charge in [-0.1, -0.05) is 18.2 Å². The fourth-order valence-electron chi connectivity index (χ4n) is 4.69. The van der Waals surface area contributed by atoms with E-state index in [4.69, 9.17) is 0 Å². The highest BCUT2D eigenvalue weighted by molar-refractivity contribution is 5.57. The third-order valence-corrected chi connectivity index (χ3v) is 6.14. The molecule has 3 aliphatic rings. The number of piperidine rings is 2. The summed E-state index contributed by atoms with van der Waals surface area (Å²) in [4.78, 5) is 5.38. The van der Waals surface area contributed by atoms with E-state index in [1.807, 2.05) is 0 Å². The third-order valence-electron chi connectivity index (χ3n) is 6.14. The fourth-order valence-corrected chi connectivity index (χ4v) is 4.69. The number of hydrogen-bond donors (Lipinski definition) is 1. The summed E-state index contributed by atoms with van der Waals surface area (Å²) in [6.45, 7) is 8.97. The monoisotopic (exact) mass is 313 g/mol. The minimum atomic E-state index is 0.894. The molecule has 0 aromatic heterocycles. The second-order valence-corrected chi connectivity index (χ2v) is 7.76. The number of anilines is 1. The molecule has 3 heterocycles. The van der Waals surface area contributed by atoms with Crippen LogP contribution in [0.5, 0.6) is 0 Å². The number of hydrogen-bond acceptors (Lipinski definition) is 3. The molecule has 23 heavy (non-hydrogen) atoms. The smallest absolute Gasteiger partial charge is 0.0399 e. The molecule has 0 saturated carbocycles. The Labute approximate surface area is 141 Å². The Morgan fingerprint density at radius 3 is 2.43 bits per heavy atom. The molecule has 0 spiro atoms. The normalized spacial score (nSPS) is 24.1. The fraction of sp³-hybridized carbons (Fsp3) is 0.700. The van der Waals surface area contributed by atoms with Gasteiger partial charge in [-0.15, -0.1) is 0 Å². The van der Waals surface area contributed by atoms with Crippen molar-refractivity contribution in [3.63, 3.8) is 0 Å². The van der Waals surface area contributed by atoms with E-state index in [-0.39, 0.29) is 0 Å². The second-order valence-electron chi connectivity index (χ2n) is 7.76. The molecule has 3 nitrogen and oxygen atoms in total. The number of nitrogens with one attached hydrogen (secondary N) is 1. The lowest BCUT2D eigenvalue weighted by atomic mass is 9.93. The molecule has 1 aromatic rings. The van der Waals surface area contributed by atoms with Crippen molar-refractivity contribution in [3.05, 3.63) is 29.8 Å². The Hall–Kier alpha value is -1.06. The van der Waals surface area contributed by atoms with Crippen molar-refractivity contribution in [2.75, 3.05) is 50.7 Å². The number of fused-ring (bicyclic) bond motifs is 1. The summed E-state index contributed by atoms with van der Waals surface area (Å²) in [6.07, 6.45) is 6.78. The van der Waals surface area contributed by atoms with Crippen molar-refractivity contribution in [2.24, 2.45) is 11.8 Å². The van der Waals surface area contributed by atoms with Gasteiger partial charge in [0.05, 0.1) is 0 Å². The average Bonchev–Trinajstić information content (AvgIpc) is 3.01. The maximum atomic E-state index is 3.48. The summed E-state index contributed by atoms with van der Waals surface area (Å²) in [5.41, 5.74) is 3.06. The van der Waals surface area contributed by atoms with Gasteiger partial charge in [0.1, 0.15) is 0 Å². The topological polar surface area (TPSA) is 18.5 Å². The highest BCUT2D eigenvalue weighted by atomic mass is 15.2. The van der Waals surface area contributed by atoms with Crippen LogP contribution in [0.4, 0.5) is 5.69 Å². The number of rotatable bonds is 4. The molecule has 126 valence electrons. The highest BCUT2D eigenvalue weighted by Gasteiger charge is 2.26. The molecule has 0 atom stereocenters. The second kappa shape index (κ2) is 7.23. The van der Waals surface area contributed by atoms with Gasteiger partial charge < -0.3 is 15.1 Å². The summed E-state index contributed by atoms with van der Waals surface area (Å²) >= 11 is 0. The van der Waals surface area contributed by atoms with Crippen LogP contribution in [-0.4, -0.2) is 50.7 Å². The summed E-state index contributed by atoms with van der Waals surface area (Å²) in [6, 6.07) is 8.99. The summed E-state index contributed by atoms with van der Waals surface area (Å²) in [5, 5.41) is 3.48. The van der Waals surface area contributed by atoms with E-state index in [9.17, 15) is 0 Å². The van der Waals surface area contributed by atoms with Crippen molar-refractivity contribution < 1.29 is 0 Å². The van der Waals surface area contributed by atoms with E-state index in [1.54, 1.807) is 5.56 Å². The summed E-state index contributed by atoms with van der Waals surface area (Å²) in [7, 11) is 0. The van der Waals surface area contributed by atoms with Crippen molar-refractivity contribution in [3.8, 4) is 0 Å². The molecule has 1 aromatic carbocycles. The lowest BCUT2D eigenvalue weighted by Crippen LogP contribution is -2.42. The first kappa shape index (κ1) is 15.5. The first-order valence-electron chi connectivity index (χ1n) is 9.64. The number of nitrogens with zero attached hydrogens (tertiary/aromatic N) is 2. The van der Waals surface area contributed by atoms with Crippen LogP contribution < -0.4 is 10.2 Å². The van der Waals surface area contributed by atoms with E-state index in [2.05, 4.69) is 39.4 Å². The van der Waals surface area contributed by atoms with E-state index >= 15 is 0 Å². The Bertz CT molecular complexity index is 501. The van der Waals surface area contributed by atoms with Crippen LogP contribution in [0.15, 0.2) is 24.3 Å². The Balaban J connectivity index is 1.24. The predicted molar refractivity (Wildman–Crippen MR) is 97.1 cm³/mol. The van der Waals surface area contributed by atoms with Crippen molar-refractivity contribution in [1.82, 2.24) is 10.2 Å². The van der Waals surface area contributed by atoms with E-state index in [1.165, 1.54) is 83.6 Å². The first-order valence-corrected chi connectivity index (χ1v) is 9.64. The number of likely N-dealkylation sites (tertiary alicyclic amines) is 1. The number of para-hydroxylation sites is 1. The molecule has 0 radical (unpaired) electrons. The van der Waals surface area contributed by atoms with Gasteiger partial charge in [-0.2, -0.15) is 0 Å². The van der Waals surface area contributed by atoms with E-state index < -0.39 is 0 Å². The molecule has 2 saturated heterocycles. The highest BCUT2D eigenvalue weighted by Crippen LogP contribution is 2.30. The Morgan fingerprint density at radius 1 is 0.870 bits per heavy atom. The van der Waals surface area contributed by atoms with Gasteiger partial charge >= 0.3 is 0 Å². The summed E-state index contributed by atoms with van der Waals surface area (Å²) < 4.78 is 0. The van der Waals surface area contributed by atoms with Gasteiger partial charge in [-0.05, 0) is 81.7 Å². The van der Waals surface area contributed by atoms with Crippen molar-refractivity contribution in [1.29, 1.82) is 0 Å². The molecule has 0 amide bonds. The largest absolute Gasteiger partial charge is 0.371 e. The predicted octanol–water partition coefficient (Wildman–Crippen LogP) is 2.76. The van der Waals surface area contributed by atoms with Crippen LogP contribution in [0, 0.1) is 11.8 Å². The number of benzene rings is 1. The minimum absolute atomic E-state index is 0.894. The zero-order valence-corrected chi connectivity index (χ0v) is 14.3. The van der Waals surface area contributed by atoms with Crippen LogP contribution in [0.2, 0.25) is 0 Å². The van der Waals surface area contributed by atoms with Crippen LogP contribution in [0.3, 0.4) is 0 Å². The summed E-state index contributed by atoms with van der Waals surface area (Å²) in [5.74, 6) is 1.84. The lowest BCUT2D eigenvalue weighted by Gasteiger charge is -2.37. The van der Waals surface area contributed by atoms with Crippen molar-refractivity contribution >= 4 is 5.69 Å². The van der Waals surface area contributed by atoms with Gasteiger partial charge in [0.2, 0.25) is 0 Å². The zero-order valence-electron chi connectivity index (χ0n) is 14.3. The lowest BCUT2D eigenvalue weighted by molar-refractivity contribution is 0.150. The molecule has 4 rings (SSSR count). The minimum Gasteiger partial charge on any atom is -0.371 e. The maximum absolute atomic E-state index is 3.48. The molecule has 3 heteroatoms. The van der Waals surface area contributed by atoms with E-state index in [0.29, 0.717) is 0 Å². The molecular formula is C20H31N3.